The van der Waals surface area contributed by atoms with E-state index in [2.05, 4.69) is 25.3 Å². The first kappa shape index (κ1) is 21.8. The number of hydrogen-bond acceptors (Lipinski definition) is 6. The minimum atomic E-state index is -0.514. The third-order valence-corrected chi connectivity index (χ3v) is 6.14. The van der Waals surface area contributed by atoms with Gasteiger partial charge in [-0.1, -0.05) is 12.1 Å². The van der Waals surface area contributed by atoms with Gasteiger partial charge in [-0.3, -0.25) is 4.79 Å². The highest BCUT2D eigenvalue weighted by molar-refractivity contribution is 5.97. The van der Waals surface area contributed by atoms with Crippen LogP contribution in [-0.2, 0) is 0 Å². The van der Waals surface area contributed by atoms with Gasteiger partial charge >= 0.3 is 0 Å². The Hall–Kier alpha value is -4.01. The standard InChI is InChI=1S/C25H25FN6O2/c1-34-21-9-3-2-7-18(21)25(33)32-11-5-6-16(15-32)12-28-24-20(26)14-30-23(31-24)19-13-29-22-17(19)8-4-10-27-22/h2-4,7-10,13-14,16H,5-6,11-12,15H2,1H3,(H,27,29)(H,28,30,31)/t16-/m1/s1. The van der Waals surface area contributed by atoms with E-state index in [1.165, 1.54) is 6.20 Å². The van der Waals surface area contributed by atoms with Gasteiger partial charge in [-0.15, -0.1) is 0 Å². The number of rotatable bonds is 6. The van der Waals surface area contributed by atoms with Gasteiger partial charge in [-0.25, -0.2) is 19.3 Å². The van der Waals surface area contributed by atoms with E-state index in [0.29, 0.717) is 36.8 Å². The molecule has 1 aliphatic heterocycles. The van der Waals surface area contributed by atoms with E-state index >= 15 is 0 Å². The van der Waals surface area contributed by atoms with Crippen LogP contribution in [0.3, 0.4) is 0 Å². The molecule has 9 heteroatoms. The second-order valence-electron chi connectivity index (χ2n) is 8.33. The molecular formula is C25H25FN6O2. The maximum Gasteiger partial charge on any atom is 0.257 e. The quantitative estimate of drug-likeness (QED) is 0.449. The maximum absolute atomic E-state index is 14.5. The molecule has 0 aliphatic carbocycles. The molecule has 1 aliphatic rings. The molecule has 0 spiro atoms. The summed E-state index contributed by atoms with van der Waals surface area (Å²) in [5.41, 5.74) is 2.04. The Kier molecular flexibility index (Phi) is 6.07. The van der Waals surface area contributed by atoms with Crippen LogP contribution < -0.4 is 10.1 Å². The van der Waals surface area contributed by atoms with E-state index in [-0.39, 0.29) is 17.6 Å². The zero-order chi connectivity index (χ0) is 23.5. The largest absolute Gasteiger partial charge is 0.496 e. The number of hydrogen-bond donors (Lipinski definition) is 2. The number of likely N-dealkylation sites (tertiary alicyclic amines) is 1. The van der Waals surface area contributed by atoms with Crippen molar-refractivity contribution in [3.05, 3.63) is 66.4 Å². The molecular weight excluding hydrogens is 435 g/mol. The Labute approximate surface area is 196 Å². The lowest BCUT2D eigenvalue weighted by molar-refractivity contribution is 0.0677. The summed E-state index contributed by atoms with van der Waals surface area (Å²) in [7, 11) is 1.56. The van der Waals surface area contributed by atoms with Crippen LogP contribution in [0.5, 0.6) is 5.75 Å². The lowest BCUT2D eigenvalue weighted by Crippen LogP contribution is -2.42. The number of pyridine rings is 1. The lowest BCUT2D eigenvalue weighted by atomic mass is 9.97. The number of para-hydroxylation sites is 1. The molecule has 34 heavy (non-hydrogen) atoms. The van der Waals surface area contributed by atoms with Crippen LogP contribution >= 0.6 is 0 Å². The summed E-state index contributed by atoms with van der Waals surface area (Å²) in [6, 6.07) is 11.0. The topological polar surface area (TPSA) is 96.0 Å². The molecule has 0 saturated carbocycles. The minimum Gasteiger partial charge on any atom is -0.496 e. The summed E-state index contributed by atoms with van der Waals surface area (Å²) in [6.45, 7) is 1.77. The van der Waals surface area contributed by atoms with Crippen molar-refractivity contribution in [2.45, 2.75) is 12.8 Å². The van der Waals surface area contributed by atoms with E-state index in [1.54, 1.807) is 31.6 Å². The summed E-state index contributed by atoms with van der Waals surface area (Å²) in [5.74, 6) is 0.736. The van der Waals surface area contributed by atoms with E-state index in [1.807, 2.05) is 29.2 Å². The second kappa shape index (κ2) is 9.46. The summed E-state index contributed by atoms with van der Waals surface area (Å²) < 4.78 is 19.9. The second-order valence-corrected chi connectivity index (χ2v) is 8.33. The van der Waals surface area contributed by atoms with Crippen LogP contribution in [0.2, 0.25) is 0 Å². The first-order valence-corrected chi connectivity index (χ1v) is 11.2. The number of H-pyrrole nitrogens is 1. The predicted molar refractivity (Wildman–Crippen MR) is 127 cm³/mol. The molecule has 0 unspecified atom stereocenters. The molecule has 4 heterocycles. The van der Waals surface area contributed by atoms with Crippen molar-refractivity contribution in [1.29, 1.82) is 0 Å². The number of methoxy groups -OCH3 is 1. The number of carbonyl (C=O) groups excluding carboxylic acids is 1. The molecule has 1 amide bonds. The van der Waals surface area contributed by atoms with Crippen LogP contribution in [0.1, 0.15) is 23.2 Å². The highest BCUT2D eigenvalue weighted by Gasteiger charge is 2.26. The normalized spacial score (nSPS) is 15.9. The third kappa shape index (κ3) is 4.28. The highest BCUT2D eigenvalue weighted by atomic mass is 19.1. The van der Waals surface area contributed by atoms with Gasteiger partial charge in [0.05, 0.1) is 18.9 Å². The summed E-state index contributed by atoms with van der Waals surface area (Å²) in [6.07, 6.45) is 6.48. The molecule has 174 valence electrons. The van der Waals surface area contributed by atoms with Crippen molar-refractivity contribution >= 4 is 22.8 Å². The number of aromatic amines is 1. The van der Waals surface area contributed by atoms with Crippen molar-refractivity contribution in [3.63, 3.8) is 0 Å². The van der Waals surface area contributed by atoms with Gasteiger partial charge in [0.25, 0.3) is 5.91 Å². The smallest absolute Gasteiger partial charge is 0.257 e. The van der Waals surface area contributed by atoms with Gasteiger partial charge in [-0.05, 0) is 43.0 Å². The van der Waals surface area contributed by atoms with Gasteiger partial charge in [-0.2, -0.15) is 0 Å². The van der Waals surface area contributed by atoms with Crippen LogP contribution in [0.25, 0.3) is 22.4 Å². The zero-order valence-electron chi connectivity index (χ0n) is 18.8. The fourth-order valence-corrected chi connectivity index (χ4v) is 4.41. The molecule has 0 radical (unpaired) electrons. The molecule has 1 aromatic carbocycles. The van der Waals surface area contributed by atoms with E-state index < -0.39 is 5.82 Å². The molecule has 0 bridgehead atoms. The number of amides is 1. The van der Waals surface area contributed by atoms with Crippen LogP contribution in [-0.4, -0.2) is 57.5 Å². The van der Waals surface area contributed by atoms with Crippen LogP contribution in [0, 0.1) is 11.7 Å². The summed E-state index contributed by atoms with van der Waals surface area (Å²) in [4.78, 5) is 30.9. The molecule has 1 atom stereocenters. The van der Waals surface area contributed by atoms with Gasteiger partial charge in [0.1, 0.15) is 11.4 Å². The van der Waals surface area contributed by atoms with Gasteiger partial charge in [0.15, 0.2) is 17.5 Å². The summed E-state index contributed by atoms with van der Waals surface area (Å²) >= 11 is 0. The van der Waals surface area contributed by atoms with Crippen molar-refractivity contribution in [3.8, 4) is 17.1 Å². The number of halogens is 1. The van der Waals surface area contributed by atoms with Gasteiger partial charge in [0.2, 0.25) is 0 Å². The molecule has 5 rings (SSSR count). The number of nitrogens with zero attached hydrogens (tertiary/aromatic N) is 4. The van der Waals surface area contributed by atoms with Crippen LogP contribution in [0.4, 0.5) is 10.2 Å². The molecule has 2 N–H and O–H groups in total. The average molecular weight is 461 g/mol. The van der Waals surface area contributed by atoms with Gasteiger partial charge < -0.3 is 19.9 Å². The first-order valence-electron chi connectivity index (χ1n) is 11.2. The Morgan fingerprint density at radius 2 is 2.15 bits per heavy atom. The molecule has 8 nitrogen and oxygen atoms in total. The first-order chi connectivity index (χ1) is 16.6. The zero-order valence-corrected chi connectivity index (χ0v) is 18.8. The van der Waals surface area contributed by atoms with Crippen molar-refractivity contribution < 1.29 is 13.9 Å². The van der Waals surface area contributed by atoms with E-state index in [4.69, 9.17) is 4.74 Å². The highest BCUT2D eigenvalue weighted by Crippen LogP contribution is 2.27. The number of ether oxygens (including phenoxy) is 1. The number of aromatic nitrogens is 4. The Morgan fingerprint density at radius 3 is 3.03 bits per heavy atom. The van der Waals surface area contributed by atoms with Crippen LogP contribution in [0.15, 0.2) is 55.0 Å². The fraction of sp³-hybridized carbons (Fsp3) is 0.280. The Bertz CT molecular complexity index is 1320. The third-order valence-electron chi connectivity index (χ3n) is 6.14. The molecule has 4 aromatic rings. The lowest BCUT2D eigenvalue weighted by Gasteiger charge is -2.33. The predicted octanol–water partition coefficient (Wildman–Crippen LogP) is 4.13. The number of benzene rings is 1. The summed E-state index contributed by atoms with van der Waals surface area (Å²) in [5, 5.41) is 4.01. The average Bonchev–Trinajstić information content (AvgIpc) is 3.32. The number of nitrogens with one attached hydrogen (secondary N) is 2. The number of fused-ring (bicyclic) bond motifs is 1. The number of piperidine rings is 1. The monoisotopic (exact) mass is 460 g/mol. The molecule has 3 aromatic heterocycles. The van der Waals surface area contributed by atoms with E-state index in [9.17, 15) is 9.18 Å². The fourth-order valence-electron chi connectivity index (χ4n) is 4.41. The molecule has 1 saturated heterocycles. The number of carbonyl (C=O) groups is 1. The van der Waals surface area contributed by atoms with E-state index in [0.717, 1.165) is 29.4 Å². The Balaban J connectivity index is 1.28. The van der Waals surface area contributed by atoms with Crippen molar-refractivity contribution in [2.24, 2.45) is 5.92 Å². The SMILES string of the molecule is COc1ccccc1C(=O)N1CCC[C@H](CNc2nc(-c3c[nH]c4ncccc34)ncc2F)C1. The van der Waals surface area contributed by atoms with Crippen molar-refractivity contribution in [1.82, 2.24) is 24.8 Å². The minimum absolute atomic E-state index is 0.0504. The molecule has 1 fully saturated rings. The van der Waals surface area contributed by atoms with Gasteiger partial charge in [0, 0.05) is 43.0 Å². The number of anilines is 1. The van der Waals surface area contributed by atoms with Crippen molar-refractivity contribution in [2.75, 3.05) is 32.1 Å². The Morgan fingerprint density at radius 1 is 1.26 bits per heavy atom. The maximum atomic E-state index is 14.5.